The van der Waals surface area contributed by atoms with Crippen LogP contribution in [0.3, 0.4) is 0 Å². The Balaban J connectivity index is 1.80. The Morgan fingerprint density at radius 1 is 1.17 bits per heavy atom. The fourth-order valence-electron chi connectivity index (χ4n) is 2.10. The first kappa shape index (κ1) is 16.8. The number of rotatable bonds is 8. The summed E-state index contributed by atoms with van der Waals surface area (Å²) in [6.07, 6.45) is 3.68. The lowest BCUT2D eigenvalue weighted by Crippen LogP contribution is -2.35. The molecule has 1 atom stereocenters. The van der Waals surface area contributed by atoms with Gasteiger partial charge in [-0.15, -0.1) is 0 Å². The van der Waals surface area contributed by atoms with Gasteiger partial charge in [-0.1, -0.05) is 19.4 Å². The molecule has 0 aliphatic rings. The predicted molar refractivity (Wildman–Crippen MR) is 88.8 cm³/mol. The number of aromatic nitrogens is 1. The fourth-order valence-corrected chi connectivity index (χ4v) is 2.10. The summed E-state index contributed by atoms with van der Waals surface area (Å²) in [5.74, 6) is 1.71. The van der Waals surface area contributed by atoms with E-state index >= 15 is 0 Å². The molecule has 0 aliphatic carbocycles. The number of ether oxygens (including phenoxy) is 2. The summed E-state index contributed by atoms with van der Waals surface area (Å²) in [7, 11) is 0. The minimum absolute atomic E-state index is 0.00843. The van der Waals surface area contributed by atoms with Crippen molar-refractivity contribution in [2.45, 2.75) is 32.7 Å². The Hall–Kier alpha value is -2.56. The van der Waals surface area contributed by atoms with Crippen molar-refractivity contribution < 1.29 is 14.3 Å². The van der Waals surface area contributed by atoms with E-state index in [1.54, 1.807) is 36.5 Å². The second-order valence-electron chi connectivity index (χ2n) is 5.29. The molecule has 122 valence electrons. The molecule has 1 N–H and O–H groups in total. The third kappa shape index (κ3) is 5.98. The van der Waals surface area contributed by atoms with Crippen LogP contribution in [0.4, 0.5) is 0 Å². The van der Waals surface area contributed by atoms with Gasteiger partial charge in [0.15, 0.2) is 6.61 Å². The SMILES string of the molecule is CCC[C@@H](C)NC(=O)COc1ccc(Oc2ccccn2)cc1. The molecular formula is C18H22N2O3. The Morgan fingerprint density at radius 2 is 1.91 bits per heavy atom. The molecule has 2 aromatic rings. The first-order valence-electron chi connectivity index (χ1n) is 7.78. The largest absolute Gasteiger partial charge is 0.484 e. The Bertz CT molecular complexity index is 599. The summed E-state index contributed by atoms with van der Waals surface area (Å²) in [5.41, 5.74) is 0. The number of carbonyl (C=O) groups is 1. The van der Waals surface area contributed by atoms with Crippen LogP contribution in [0.5, 0.6) is 17.4 Å². The lowest BCUT2D eigenvalue weighted by Gasteiger charge is -2.13. The molecule has 0 saturated heterocycles. The van der Waals surface area contributed by atoms with Gasteiger partial charge >= 0.3 is 0 Å². The molecule has 1 aromatic carbocycles. The van der Waals surface area contributed by atoms with E-state index in [9.17, 15) is 4.79 Å². The normalized spacial score (nSPS) is 11.6. The van der Waals surface area contributed by atoms with E-state index in [2.05, 4.69) is 17.2 Å². The first-order valence-corrected chi connectivity index (χ1v) is 7.78. The van der Waals surface area contributed by atoms with Crippen LogP contribution in [0.15, 0.2) is 48.7 Å². The first-order chi connectivity index (χ1) is 11.2. The molecule has 0 spiro atoms. The van der Waals surface area contributed by atoms with Crippen LogP contribution in [0.1, 0.15) is 26.7 Å². The highest BCUT2D eigenvalue weighted by atomic mass is 16.5. The van der Waals surface area contributed by atoms with Crippen LogP contribution < -0.4 is 14.8 Å². The molecule has 0 saturated carbocycles. The maximum absolute atomic E-state index is 11.7. The highest BCUT2D eigenvalue weighted by Gasteiger charge is 2.07. The van der Waals surface area contributed by atoms with Crippen LogP contribution >= 0.6 is 0 Å². The van der Waals surface area contributed by atoms with Gasteiger partial charge in [0.2, 0.25) is 5.88 Å². The van der Waals surface area contributed by atoms with Gasteiger partial charge in [0.1, 0.15) is 11.5 Å². The number of amides is 1. The average molecular weight is 314 g/mol. The third-order valence-electron chi connectivity index (χ3n) is 3.18. The van der Waals surface area contributed by atoms with Crippen molar-refractivity contribution in [3.05, 3.63) is 48.7 Å². The Labute approximate surface area is 136 Å². The molecule has 0 radical (unpaired) electrons. The second-order valence-corrected chi connectivity index (χ2v) is 5.29. The quantitative estimate of drug-likeness (QED) is 0.809. The molecule has 5 nitrogen and oxygen atoms in total. The van der Waals surface area contributed by atoms with Crippen molar-refractivity contribution in [3.63, 3.8) is 0 Å². The second kappa shape index (κ2) is 8.78. The molecule has 0 aliphatic heterocycles. The summed E-state index contributed by atoms with van der Waals surface area (Å²) in [6.45, 7) is 4.09. The third-order valence-corrected chi connectivity index (χ3v) is 3.18. The molecule has 5 heteroatoms. The lowest BCUT2D eigenvalue weighted by atomic mass is 10.2. The summed E-state index contributed by atoms with van der Waals surface area (Å²) < 4.78 is 11.1. The van der Waals surface area contributed by atoms with Crippen LogP contribution in [0.2, 0.25) is 0 Å². The van der Waals surface area contributed by atoms with Gasteiger partial charge in [0, 0.05) is 18.3 Å². The van der Waals surface area contributed by atoms with Crippen molar-refractivity contribution in [3.8, 4) is 17.4 Å². The van der Waals surface area contributed by atoms with Gasteiger partial charge in [-0.3, -0.25) is 4.79 Å². The molecule has 1 aromatic heterocycles. The molecule has 1 heterocycles. The van der Waals surface area contributed by atoms with Gasteiger partial charge in [-0.25, -0.2) is 4.98 Å². The number of hydrogen-bond donors (Lipinski definition) is 1. The van der Waals surface area contributed by atoms with Crippen molar-refractivity contribution in [1.29, 1.82) is 0 Å². The molecule has 1 amide bonds. The van der Waals surface area contributed by atoms with Gasteiger partial charge in [0.05, 0.1) is 0 Å². The molecule has 0 unspecified atom stereocenters. The van der Waals surface area contributed by atoms with Crippen molar-refractivity contribution in [1.82, 2.24) is 10.3 Å². The Morgan fingerprint density at radius 3 is 2.57 bits per heavy atom. The zero-order chi connectivity index (χ0) is 16.5. The van der Waals surface area contributed by atoms with E-state index < -0.39 is 0 Å². The topological polar surface area (TPSA) is 60.5 Å². The zero-order valence-corrected chi connectivity index (χ0v) is 13.5. The zero-order valence-electron chi connectivity index (χ0n) is 13.5. The van der Waals surface area contributed by atoms with E-state index in [1.807, 2.05) is 19.1 Å². The highest BCUT2D eigenvalue weighted by molar-refractivity contribution is 5.77. The standard InChI is InChI=1S/C18H22N2O3/c1-3-6-14(2)20-17(21)13-22-15-8-10-16(11-9-15)23-18-7-4-5-12-19-18/h4-5,7-12,14H,3,6,13H2,1-2H3,(H,20,21)/t14-/m1/s1. The van der Waals surface area contributed by atoms with Gasteiger partial charge in [-0.2, -0.15) is 0 Å². The van der Waals surface area contributed by atoms with Crippen molar-refractivity contribution in [2.24, 2.45) is 0 Å². The monoisotopic (exact) mass is 314 g/mol. The van der Waals surface area contributed by atoms with Crippen LogP contribution in [0.25, 0.3) is 0 Å². The Kier molecular flexibility index (Phi) is 6.41. The van der Waals surface area contributed by atoms with Gasteiger partial charge < -0.3 is 14.8 Å². The van der Waals surface area contributed by atoms with E-state index in [4.69, 9.17) is 9.47 Å². The molecule has 2 rings (SSSR count). The van der Waals surface area contributed by atoms with Gasteiger partial charge in [0.25, 0.3) is 5.91 Å². The van der Waals surface area contributed by atoms with E-state index in [0.717, 1.165) is 12.8 Å². The summed E-state index contributed by atoms with van der Waals surface area (Å²) in [5, 5.41) is 2.90. The minimum atomic E-state index is -0.111. The summed E-state index contributed by atoms with van der Waals surface area (Å²) in [6, 6.07) is 12.7. The van der Waals surface area contributed by atoms with Crippen molar-refractivity contribution in [2.75, 3.05) is 6.61 Å². The number of nitrogens with zero attached hydrogens (tertiary/aromatic N) is 1. The van der Waals surface area contributed by atoms with Gasteiger partial charge in [-0.05, 0) is 43.7 Å². The number of pyridine rings is 1. The minimum Gasteiger partial charge on any atom is -0.484 e. The van der Waals surface area contributed by atoms with E-state index in [1.165, 1.54) is 0 Å². The predicted octanol–water partition coefficient (Wildman–Crippen LogP) is 3.56. The maximum Gasteiger partial charge on any atom is 0.258 e. The smallest absolute Gasteiger partial charge is 0.258 e. The number of hydrogen-bond acceptors (Lipinski definition) is 4. The summed E-state index contributed by atoms with van der Waals surface area (Å²) >= 11 is 0. The van der Waals surface area contributed by atoms with Crippen LogP contribution in [-0.4, -0.2) is 23.5 Å². The lowest BCUT2D eigenvalue weighted by molar-refractivity contribution is -0.123. The van der Waals surface area contributed by atoms with E-state index in [0.29, 0.717) is 17.4 Å². The maximum atomic E-state index is 11.7. The van der Waals surface area contributed by atoms with Crippen LogP contribution in [0, 0.1) is 0 Å². The van der Waals surface area contributed by atoms with Crippen LogP contribution in [-0.2, 0) is 4.79 Å². The number of carbonyl (C=O) groups excluding carboxylic acids is 1. The van der Waals surface area contributed by atoms with E-state index in [-0.39, 0.29) is 18.6 Å². The summed E-state index contributed by atoms with van der Waals surface area (Å²) in [4.78, 5) is 15.8. The fraction of sp³-hybridized carbons (Fsp3) is 0.333. The number of nitrogens with one attached hydrogen (secondary N) is 1. The average Bonchev–Trinajstić information content (AvgIpc) is 2.55. The van der Waals surface area contributed by atoms with Crippen molar-refractivity contribution >= 4 is 5.91 Å². The highest BCUT2D eigenvalue weighted by Crippen LogP contribution is 2.22. The molecule has 0 fully saturated rings. The molecular weight excluding hydrogens is 292 g/mol. The molecule has 23 heavy (non-hydrogen) atoms. The number of benzene rings is 1. The molecule has 0 bridgehead atoms.